The largest absolute Gasteiger partial charge is 0.490 e. The minimum atomic E-state index is 0.294. The third-order valence-electron chi connectivity index (χ3n) is 2.53. The number of aryl methyl sites for hydroxylation is 1. The van der Waals surface area contributed by atoms with Crippen molar-refractivity contribution in [1.29, 1.82) is 5.26 Å². The molecule has 1 aromatic heterocycles. The summed E-state index contributed by atoms with van der Waals surface area (Å²) in [7, 11) is 1.85. The van der Waals surface area contributed by atoms with Crippen molar-refractivity contribution in [1.82, 2.24) is 14.8 Å². The molecular weight excluding hydrogens is 244 g/mol. The molecule has 2 aromatic rings. The maximum absolute atomic E-state index is 8.87. The lowest BCUT2D eigenvalue weighted by Crippen LogP contribution is -2.04. The van der Waals surface area contributed by atoms with Crippen molar-refractivity contribution in [3.05, 3.63) is 35.9 Å². The molecule has 6 heteroatoms. The second-order valence-electron chi connectivity index (χ2n) is 3.85. The van der Waals surface area contributed by atoms with Gasteiger partial charge in [-0.15, -0.1) is 10.2 Å². The number of hydrogen-bond donors (Lipinski definition) is 0. The average molecular weight is 258 g/mol. The first-order chi connectivity index (χ1) is 9.24. The third kappa shape index (κ3) is 3.01. The summed E-state index contributed by atoms with van der Waals surface area (Å²) in [6, 6.07) is 7.14. The number of aromatic nitrogens is 3. The second-order valence-corrected chi connectivity index (χ2v) is 3.85. The van der Waals surface area contributed by atoms with Gasteiger partial charge in [-0.3, -0.25) is 0 Å². The SMILES string of the molecule is CCOc1cc(C#N)ccc1OCc1nncn1C. The van der Waals surface area contributed by atoms with Crippen LogP contribution < -0.4 is 9.47 Å². The summed E-state index contributed by atoms with van der Waals surface area (Å²) in [5, 5.41) is 16.6. The molecule has 0 N–H and O–H groups in total. The molecule has 0 saturated carbocycles. The summed E-state index contributed by atoms with van der Waals surface area (Å²) in [6.45, 7) is 2.68. The fraction of sp³-hybridized carbons (Fsp3) is 0.308. The molecule has 0 radical (unpaired) electrons. The molecule has 0 saturated heterocycles. The molecule has 6 nitrogen and oxygen atoms in total. The topological polar surface area (TPSA) is 73.0 Å². The minimum absolute atomic E-state index is 0.294. The molecule has 0 fully saturated rings. The Morgan fingerprint density at radius 3 is 2.79 bits per heavy atom. The molecule has 19 heavy (non-hydrogen) atoms. The molecule has 0 amide bonds. The van der Waals surface area contributed by atoms with Gasteiger partial charge in [0.25, 0.3) is 0 Å². The fourth-order valence-corrected chi connectivity index (χ4v) is 1.55. The lowest BCUT2D eigenvalue weighted by atomic mass is 10.2. The number of benzene rings is 1. The van der Waals surface area contributed by atoms with Gasteiger partial charge in [0.1, 0.15) is 12.9 Å². The molecule has 1 heterocycles. The van der Waals surface area contributed by atoms with E-state index in [0.717, 1.165) is 0 Å². The van der Waals surface area contributed by atoms with Gasteiger partial charge in [-0.2, -0.15) is 5.26 Å². The summed E-state index contributed by atoms with van der Waals surface area (Å²) in [5.41, 5.74) is 0.537. The summed E-state index contributed by atoms with van der Waals surface area (Å²) < 4.78 is 12.9. The molecule has 0 bridgehead atoms. The van der Waals surface area contributed by atoms with E-state index in [9.17, 15) is 0 Å². The van der Waals surface area contributed by atoms with Gasteiger partial charge in [-0.05, 0) is 19.1 Å². The maximum Gasteiger partial charge on any atom is 0.170 e. The first-order valence-electron chi connectivity index (χ1n) is 5.87. The molecule has 1 aromatic carbocycles. The van der Waals surface area contributed by atoms with Gasteiger partial charge in [0.05, 0.1) is 18.2 Å². The van der Waals surface area contributed by atoms with Crippen molar-refractivity contribution in [3.8, 4) is 17.6 Å². The van der Waals surface area contributed by atoms with Crippen LogP contribution in [0.25, 0.3) is 0 Å². The van der Waals surface area contributed by atoms with Crippen molar-refractivity contribution in [2.45, 2.75) is 13.5 Å². The van der Waals surface area contributed by atoms with Gasteiger partial charge in [-0.25, -0.2) is 0 Å². The number of rotatable bonds is 5. The van der Waals surface area contributed by atoms with E-state index in [1.165, 1.54) is 0 Å². The van der Waals surface area contributed by atoms with Crippen molar-refractivity contribution in [2.75, 3.05) is 6.61 Å². The average Bonchev–Trinajstić information content (AvgIpc) is 2.83. The predicted molar refractivity (Wildman–Crippen MR) is 67.7 cm³/mol. The highest BCUT2D eigenvalue weighted by Gasteiger charge is 2.08. The summed E-state index contributed by atoms with van der Waals surface area (Å²) in [4.78, 5) is 0. The van der Waals surface area contributed by atoms with Crippen molar-refractivity contribution < 1.29 is 9.47 Å². The molecule has 0 spiro atoms. The Hall–Kier alpha value is -2.55. The quantitative estimate of drug-likeness (QED) is 0.815. The second kappa shape index (κ2) is 5.87. The van der Waals surface area contributed by atoms with E-state index in [1.807, 2.05) is 14.0 Å². The lowest BCUT2D eigenvalue weighted by Gasteiger charge is -2.11. The number of hydrogen-bond acceptors (Lipinski definition) is 5. The summed E-state index contributed by atoms with van der Waals surface area (Å²) in [5.74, 6) is 1.86. The van der Waals surface area contributed by atoms with E-state index >= 15 is 0 Å². The highest BCUT2D eigenvalue weighted by atomic mass is 16.5. The first kappa shape index (κ1) is 12.9. The van der Waals surface area contributed by atoms with E-state index in [4.69, 9.17) is 14.7 Å². The zero-order chi connectivity index (χ0) is 13.7. The Morgan fingerprint density at radius 2 is 2.16 bits per heavy atom. The Kier molecular flexibility index (Phi) is 3.98. The zero-order valence-electron chi connectivity index (χ0n) is 10.8. The minimum Gasteiger partial charge on any atom is -0.490 e. The standard InChI is InChI=1S/C13H14N4O2/c1-3-18-12-6-10(7-14)4-5-11(12)19-8-13-16-15-9-17(13)2/h4-6,9H,3,8H2,1-2H3. The Balaban J connectivity index is 2.15. The van der Waals surface area contributed by atoms with Crippen LogP contribution >= 0.6 is 0 Å². The smallest absolute Gasteiger partial charge is 0.170 e. The van der Waals surface area contributed by atoms with E-state index < -0.39 is 0 Å². The number of nitrogens with zero attached hydrogens (tertiary/aromatic N) is 4. The maximum atomic E-state index is 8.87. The van der Waals surface area contributed by atoms with E-state index in [0.29, 0.717) is 36.1 Å². The predicted octanol–water partition coefficient (Wildman–Crippen LogP) is 1.66. The Bertz CT molecular complexity index is 601. The van der Waals surface area contributed by atoms with Crippen LogP contribution in [-0.4, -0.2) is 21.4 Å². The lowest BCUT2D eigenvalue weighted by molar-refractivity contribution is 0.260. The molecule has 0 unspecified atom stereocenters. The molecule has 0 aliphatic carbocycles. The van der Waals surface area contributed by atoms with Gasteiger partial charge >= 0.3 is 0 Å². The van der Waals surface area contributed by atoms with E-state index in [2.05, 4.69) is 16.3 Å². The van der Waals surface area contributed by atoms with Gasteiger partial charge in [0.2, 0.25) is 0 Å². The zero-order valence-corrected chi connectivity index (χ0v) is 10.8. The van der Waals surface area contributed by atoms with Gasteiger partial charge in [0.15, 0.2) is 17.3 Å². The molecule has 0 atom stereocenters. The van der Waals surface area contributed by atoms with Crippen LogP contribution in [0.15, 0.2) is 24.5 Å². The van der Waals surface area contributed by atoms with Gasteiger partial charge in [-0.1, -0.05) is 0 Å². The van der Waals surface area contributed by atoms with Crippen LogP contribution in [0, 0.1) is 11.3 Å². The molecule has 0 aliphatic rings. The van der Waals surface area contributed by atoms with Crippen LogP contribution in [0.1, 0.15) is 18.3 Å². The first-order valence-corrected chi connectivity index (χ1v) is 5.87. The van der Waals surface area contributed by atoms with E-state index in [-0.39, 0.29) is 0 Å². The normalized spacial score (nSPS) is 9.95. The molecule has 98 valence electrons. The van der Waals surface area contributed by atoms with Crippen LogP contribution in [0.3, 0.4) is 0 Å². The van der Waals surface area contributed by atoms with Crippen LogP contribution in [0.4, 0.5) is 0 Å². The van der Waals surface area contributed by atoms with Gasteiger partial charge < -0.3 is 14.0 Å². The highest BCUT2D eigenvalue weighted by molar-refractivity contribution is 5.46. The number of ether oxygens (including phenoxy) is 2. The van der Waals surface area contributed by atoms with E-state index in [1.54, 1.807) is 29.1 Å². The van der Waals surface area contributed by atoms with Crippen molar-refractivity contribution >= 4 is 0 Å². The van der Waals surface area contributed by atoms with Crippen molar-refractivity contribution in [3.63, 3.8) is 0 Å². The van der Waals surface area contributed by atoms with Crippen LogP contribution in [-0.2, 0) is 13.7 Å². The Morgan fingerprint density at radius 1 is 1.32 bits per heavy atom. The highest BCUT2D eigenvalue weighted by Crippen LogP contribution is 2.28. The molecule has 0 aliphatic heterocycles. The summed E-state index contributed by atoms with van der Waals surface area (Å²) >= 11 is 0. The third-order valence-corrected chi connectivity index (χ3v) is 2.53. The van der Waals surface area contributed by atoms with Crippen LogP contribution in [0.5, 0.6) is 11.5 Å². The summed E-state index contributed by atoms with van der Waals surface area (Å²) in [6.07, 6.45) is 1.61. The van der Waals surface area contributed by atoms with Crippen LogP contribution in [0.2, 0.25) is 0 Å². The molecule has 2 rings (SSSR count). The Labute approximate surface area is 111 Å². The monoisotopic (exact) mass is 258 g/mol. The molecular formula is C13H14N4O2. The van der Waals surface area contributed by atoms with Crippen molar-refractivity contribution in [2.24, 2.45) is 7.05 Å². The van der Waals surface area contributed by atoms with Gasteiger partial charge in [0, 0.05) is 13.1 Å². The fourth-order valence-electron chi connectivity index (χ4n) is 1.55. The number of nitriles is 1.